The van der Waals surface area contributed by atoms with E-state index in [4.69, 9.17) is 4.74 Å². The zero-order valence-electron chi connectivity index (χ0n) is 8.34. The molecular formula is C12H16O. The summed E-state index contributed by atoms with van der Waals surface area (Å²) in [6.07, 6.45) is 2.24. The standard InChI is InChI=1S/C12H16O/c1-10-3-5-11(6-4-10)9-12(2)7-8-13-12/h3-6H,7-9H2,1-2H3. The smallest absolute Gasteiger partial charge is 0.0716 e. The molecule has 1 aliphatic heterocycles. The number of hydrogen-bond donors (Lipinski definition) is 0. The molecule has 13 heavy (non-hydrogen) atoms. The summed E-state index contributed by atoms with van der Waals surface area (Å²) in [6.45, 7) is 5.24. The van der Waals surface area contributed by atoms with Gasteiger partial charge in [-0.25, -0.2) is 0 Å². The molecule has 0 aromatic heterocycles. The Morgan fingerprint density at radius 3 is 2.38 bits per heavy atom. The number of ether oxygens (including phenoxy) is 1. The fourth-order valence-corrected chi connectivity index (χ4v) is 1.73. The first-order valence-corrected chi connectivity index (χ1v) is 4.87. The summed E-state index contributed by atoms with van der Waals surface area (Å²) in [5.41, 5.74) is 2.83. The minimum Gasteiger partial charge on any atom is -0.375 e. The zero-order chi connectivity index (χ0) is 9.31. The fraction of sp³-hybridized carbons (Fsp3) is 0.500. The Kier molecular flexibility index (Phi) is 2.12. The average Bonchev–Trinajstić information content (AvgIpc) is 2.06. The second kappa shape index (κ2) is 3.15. The highest BCUT2D eigenvalue weighted by atomic mass is 16.5. The molecule has 1 aliphatic rings. The fourth-order valence-electron chi connectivity index (χ4n) is 1.73. The van der Waals surface area contributed by atoms with Gasteiger partial charge >= 0.3 is 0 Å². The third-order valence-corrected chi connectivity index (χ3v) is 2.78. The third-order valence-electron chi connectivity index (χ3n) is 2.78. The quantitative estimate of drug-likeness (QED) is 0.673. The summed E-state index contributed by atoms with van der Waals surface area (Å²) in [4.78, 5) is 0. The molecule has 70 valence electrons. The first kappa shape index (κ1) is 8.76. The summed E-state index contributed by atoms with van der Waals surface area (Å²) in [5, 5.41) is 0. The van der Waals surface area contributed by atoms with Crippen LogP contribution >= 0.6 is 0 Å². The van der Waals surface area contributed by atoms with Crippen LogP contribution in [0.25, 0.3) is 0 Å². The molecule has 1 heterocycles. The lowest BCUT2D eigenvalue weighted by Crippen LogP contribution is -2.42. The molecule has 1 aromatic carbocycles. The highest BCUT2D eigenvalue weighted by Crippen LogP contribution is 2.29. The van der Waals surface area contributed by atoms with Crippen molar-refractivity contribution in [2.75, 3.05) is 6.61 Å². The summed E-state index contributed by atoms with van der Waals surface area (Å²) in [5.74, 6) is 0. The Labute approximate surface area is 79.7 Å². The second-order valence-electron chi connectivity index (χ2n) is 4.21. The number of benzene rings is 1. The van der Waals surface area contributed by atoms with Gasteiger partial charge in [-0.1, -0.05) is 29.8 Å². The van der Waals surface area contributed by atoms with Crippen LogP contribution in [0, 0.1) is 6.92 Å². The maximum atomic E-state index is 5.55. The minimum atomic E-state index is 0.120. The molecule has 0 spiro atoms. The van der Waals surface area contributed by atoms with Gasteiger partial charge in [0.05, 0.1) is 12.2 Å². The van der Waals surface area contributed by atoms with E-state index in [9.17, 15) is 0 Å². The molecule has 1 fully saturated rings. The van der Waals surface area contributed by atoms with Crippen LogP contribution in [0.5, 0.6) is 0 Å². The van der Waals surface area contributed by atoms with Gasteiger partial charge in [-0.15, -0.1) is 0 Å². The topological polar surface area (TPSA) is 9.23 Å². The van der Waals surface area contributed by atoms with Crippen molar-refractivity contribution in [3.8, 4) is 0 Å². The van der Waals surface area contributed by atoms with Crippen LogP contribution in [-0.4, -0.2) is 12.2 Å². The molecule has 0 amide bonds. The second-order valence-corrected chi connectivity index (χ2v) is 4.21. The van der Waals surface area contributed by atoms with Crippen molar-refractivity contribution in [1.29, 1.82) is 0 Å². The van der Waals surface area contributed by atoms with Crippen LogP contribution < -0.4 is 0 Å². The predicted molar refractivity (Wildman–Crippen MR) is 53.9 cm³/mol. The van der Waals surface area contributed by atoms with E-state index in [0.717, 1.165) is 13.0 Å². The van der Waals surface area contributed by atoms with Crippen molar-refractivity contribution < 1.29 is 4.74 Å². The van der Waals surface area contributed by atoms with Gasteiger partial charge in [0.25, 0.3) is 0 Å². The Morgan fingerprint density at radius 2 is 1.92 bits per heavy atom. The molecule has 1 nitrogen and oxygen atoms in total. The largest absolute Gasteiger partial charge is 0.375 e. The van der Waals surface area contributed by atoms with E-state index in [0.29, 0.717) is 0 Å². The van der Waals surface area contributed by atoms with E-state index in [-0.39, 0.29) is 5.60 Å². The van der Waals surface area contributed by atoms with E-state index < -0.39 is 0 Å². The van der Waals surface area contributed by atoms with E-state index >= 15 is 0 Å². The van der Waals surface area contributed by atoms with Crippen molar-refractivity contribution in [3.05, 3.63) is 35.4 Å². The molecule has 1 saturated heterocycles. The Bertz CT molecular complexity index is 282. The molecule has 1 aromatic rings. The zero-order valence-corrected chi connectivity index (χ0v) is 8.34. The molecule has 1 atom stereocenters. The van der Waals surface area contributed by atoms with Gasteiger partial charge in [-0.2, -0.15) is 0 Å². The van der Waals surface area contributed by atoms with Crippen LogP contribution in [-0.2, 0) is 11.2 Å². The van der Waals surface area contributed by atoms with Gasteiger partial charge in [0.15, 0.2) is 0 Å². The van der Waals surface area contributed by atoms with Gasteiger partial charge in [0, 0.05) is 6.42 Å². The first-order valence-electron chi connectivity index (χ1n) is 4.87. The number of hydrogen-bond acceptors (Lipinski definition) is 1. The van der Waals surface area contributed by atoms with Gasteiger partial charge < -0.3 is 4.74 Å². The summed E-state index contributed by atoms with van der Waals surface area (Å²) >= 11 is 0. The third kappa shape index (κ3) is 1.92. The van der Waals surface area contributed by atoms with Gasteiger partial charge in [0.2, 0.25) is 0 Å². The normalized spacial score (nSPS) is 26.9. The summed E-state index contributed by atoms with van der Waals surface area (Å²) < 4.78 is 5.55. The highest BCUT2D eigenvalue weighted by Gasteiger charge is 2.32. The molecule has 0 N–H and O–H groups in total. The molecule has 1 heteroatoms. The molecule has 0 bridgehead atoms. The minimum absolute atomic E-state index is 0.120. The van der Waals surface area contributed by atoms with Gasteiger partial charge in [-0.3, -0.25) is 0 Å². The number of aryl methyl sites for hydroxylation is 1. The molecular weight excluding hydrogens is 160 g/mol. The molecule has 0 saturated carbocycles. The van der Waals surface area contributed by atoms with Crippen LogP contribution in [0.1, 0.15) is 24.5 Å². The lowest BCUT2D eigenvalue weighted by Gasteiger charge is -2.38. The Morgan fingerprint density at radius 1 is 1.31 bits per heavy atom. The first-order chi connectivity index (χ1) is 6.18. The average molecular weight is 176 g/mol. The van der Waals surface area contributed by atoms with Crippen molar-refractivity contribution >= 4 is 0 Å². The lowest BCUT2D eigenvalue weighted by atomic mass is 9.89. The van der Waals surface area contributed by atoms with E-state index in [1.165, 1.54) is 17.5 Å². The molecule has 1 unspecified atom stereocenters. The van der Waals surface area contributed by atoms with E-state index in [2.05, 4.69) is 38.1 Å². The van der Waals surface area contributed by atoms with Crippen molar-refractivity contribution in [1.82, 2.24) is 0 Å². The van der Waals surface area contributed by atoms with Crippen molar-refractivity contribution in [2.45, 2.75) is 32.3 Å². The van der Waals surface area contributed by atoms with E-state index in [1.54, 1.807) is 0 Å². The maximum absolute atomic E-state index is 5.55. The van der Waals surface area contributed by atoms with Gasteiger partial charge in [0.1, 0.15) is 0 Å². The predicted octanol–water partition coefficient (Wildman–Crippen LogP) is 2.72. The monoisotopic (exact) mass is 176 g/mol. The van der Waals surface area contributed by atoms with Crippen molar-refractivity contribution in [3.63, 3.8) is 0 Å². The summed E-state index contributed by atoms with van der Waals surface area (Å²) in [7, 11) is 0. The maximum Gasteiger partial charge on any atom is 0.0716 e. The SMILES string of the molecule is Cc1ccc(CC2(C)CCO2)cc1. The Hall–Kier alpha value is -0.820. The van der Waals surface area contributed by atoms with Gasteiger partial charge in [-0.05, 0) is 25.8 Å². The van der Waals surface area contributed by atoms with Crippen LogP contribution in [0.4, 0.5) is 0 Å². The van der Waals surface area contributed by atoms with Crippen LogP contribution in [0.2, 0.25) is 0 Å². The Balaban J connectivity index is 2.05. The van der Waals surface area contributed by atoms with E-state index in [1.807, 2.05) is 0 Å². The molecule has 0 aliphatic carbocycles. The van der Waals surface area contributed by atoms with Crippen molar-refractivity contribution in [2.24, 2.45) is 0 Å². The molecule has 2 rings (SSSR count). The summed E-state index contributed by atoms with van der Waals surface area (Å²) in [6, 6.07) is 8.72. The van der Waals surface area contributed by atoms with Crippen LogP contribution in [0.15, 0.2) is 24.3 Å². The lowest BCUT2D eigenvalue weighted by molar-refractivity contribution is -0.132. The molecule has 0 radical (unpaired) electrons. The van der Waals surface area contributed by atoms with Crippen LogP contribution in [0.3, 0.4) is 0 Å². The highest BCUT2D eigenvalue weighted by molar-refractivity contribution is 5.23. The number of rotatable bonds is 2.